The molecule has 17 nitrogen and oxygen atoms in total. The van der Waals surface area contributed by atoms with Crippen molar-refractivity contribution in [3.05, 3.63) is 65.7 Å². The van der Waals surface area contributed by atoms with Crippen LogP contribution < -0.4 is 38.1 Å². The lowest BCUT2D eigenvalue weighted by atomic mass is 9.99. The molecule has 6 atom stereocenters. The maximum absolute atomic E-state index is 14.0. The molecule has 0 aromatic heterocycles. The number of ether oxygens (including phenoxy) is 1. The number of esters is 1. The zero-order chi connectivity index (χ0) is 42.9. The van der Waals surface area contributed by atoms with Crippen LogP contribution in [0.4, 0.5) is 0 Å². The Balaban J connectivity index is 1.73. The Morgan fingerprint density at radius 1 is 0.862 bits per heavy atom. The number of likely N-dealkylation sites (tertiary alicyclic amines) is 1. The average Bonchev–Trinajstić information content (AvgIpc) is 3.68. The normalized spacial score (nSPS) is 16.3. The fourth-order valence-corrected chi connectivity index (χ4v) is 6.50. The van der Waals surface area contributed by atoms with Crippen LogP contribution in [-0.4, -0.2) is 101 Å². The Hall–Kier alpha value is -5.71. The maximum Gasteiger partial charge on any atom is 0.329 e. The number of nitrogens with two attached hydrogens (primary N) is 2. The van der Waals surface area contributed by atoms with Gasteiger partial charge in [-0.2, -0.15) is 0 Å². The number of hydrogen-bond donors (Lipinski definition) is 9. The third kappa shape index (κ3) is 15.0. The number of carbonyl (C=O) groups excluding carboxylic acids is 6. The first-order valence-electron chi connectivity index (χ1n) is 19.8. The number of benzene rings is 2. The number of hydrogen-bond acceptors (Lipinski definition) is 10. The summed E-state index contributed by atoms with van der Waals surface area (Å²) in [5, 5.41) is 30.7. The second-order valence-corrected chi connectivity index (χ2v) is 15.5. The number of aromatic hydroxyl groups is 1. The lowest BCUT2D eigenvalue weighted by Gasteiger charge is -2.30. The predicted octanol–water partition coefficient (Wildman–Crippen LogP) is 0.921. The lowest BCUT2D eigenvalue weighted by Crippen LogP contribution is -2.59. The van der Waals surface area contributed by atoms with E-state index in [1.54, 1.807) is 26.0 Å². The molecule has 5 amide bonds. The van der Waals surface area contributed by atoms with Crippen molar-refractivity contribution in [2.75, 3.05) is 13.1 Å². The molecule has 0 radical (unpaired) electrons. The van der Waals surface area contributed by atoms with Gasteiger partial charge in [0.25, 0.3) is 0 Å². The monoisotopic (exact) mass is 807 g/mol. The molecule has 1 fully saturated rings. The third-order valence-electron chi connectivity index (χ3n) is 9.70. The molecule has 1 saturated heterocycles. The summed E-state index contributed by atoms with van der Waals surface area (Å²) >= 11 is 0. The van der Waals surface area contributed by atoms with E-state index in [-0.39, 0.29) is 56.0 Å². The van der Waals surface area contributed by atoms with Gasteiger partial charge >= 0.3 is 5.97 Å². The molecule has 3 rings (SSSR count). The fourth-order valence-electron chi connectivity index (χ4n) is 6.50. The van der Waals surface area contributed by atoms with E-state index < -0.39 is 71.8 Å². The molecule has 1 heterocycles. The number of phenolic OH excluding ortho intramolecular Hbond substituents is 1. The number of nitrogens with zero attached hydrogens (tertiary/aromatic N) is 1. The molecule has 318 valence electrons. The van der Waals surface area contributed by atoms with Crippen LogP contribution in [0, 0.1) is 17.2 Å². The molecule has 1 aliphatic rings. The Morgan fingerprint density at radius 3 is 2.14 bits per heavy atom. The molecule has 2 aromatic carbocycles. The van der Waals surface area contributed by atoms with Crippen molar-refractivity contribution in [2.45, 2.75) is 116 Å². The molecule has 0 unspecified atom stereocenters. The molecule has 17 heteroatoms. The molecule has 0 spiro atoms. The van der Waals surface area contributed by atoms with Gasteiger partial charge in [0.2, 0.25) is 29.5 Å². The molecule has 2 aromatic rings. The summed E-state index contributed by atoms with van der Waals surface area (Å²) in [7, 11) is 0. The zero-order valence-corrected chi connectivity index (χ0v) is 34.1. The highest BCUT2D eigenvalue weighted by atomic mass is 16.5. The largest absolute Gasteiger partial charge is 0.508 e. The summed E-state index contributed by atoms with van der Waals surface area (Å²) in [4.78, 5) is 82.7. The van der Waals surface area contributed by atoms with Gasteiger partial charge in [0.05, 0.1) is 6.04 Å². The van der Waals surface area contributed by atoms with E-state index in [9.17, 15) is 33.9 Å². The molecule has 11 N–H and O–H groups in total. The summed E-state index contributed by atoms with van der Waals surface area (Å²) in [6.07, 6.45) is 1.82. The quantitative estimate of drug-likeness (QED) is 0.0371. The summed E-state index contributed by atoms with van der Waals surface area (Å²) in [6, 6.07) is 9.12. The average molecular weight is 808 g/mol. The van der Waals surface area contributed by atoms with E-state index in [4.69, 9.17) is 21.6 Å². The van der Waals surface area contributed by atoms with Crippen LogP contribution in [-0.2, 0) is 46.5 Å². The van der Waals surface area contributed by atoms with Crippen molar-refractivity contribution in [2.24, 2.45) is 23.3 Å². The van der Waals surface area contributed by atoms with Gasteiger partial charge in [0, 0.05) is 19.5 Å². The van der Waals surface area contributed by atoms with Crippen LogP contribution in [0.15, 0.2) is 54.6 Å². The topological polar surface area (TPSA) is 271 Å². The first-order chi connectivity index (χ1) is 27.5. The van der Waals surface area contributed by atoms with Crippen LogP contribution in [0.25, 0.3) is 0 Å². The van der Waals surface area contributed by atoms with E-state index in [0.717, 1.165) is 5.56 Å². The Morgan fingerprint density at radius 2 is 1.52 bits per heavy atom. The van der Waals surface area contributed by atoms with Crippen molar-refractivity contribution < 1.29 is 38.6 Å². The molecule has 58 heavy (non-hydrogen) atoms. The van der Waals surface area contributed by atoms with Gasteiger partial charge < -0.3 is 52.8 Å². The number of carbonyl (C=O) groups is 6. The molecule has 0 saturated carbocycles. The van der Waals surface area contributed by atoms with Gasteiger partial charge in [-0.05, 0) is 74.1 Å². The van der Waals surface area contributed by atoms with Crippen molar-refractivity contribution in [1.29, 1.82) is 5.41 Å². The summed E-state index contributed by atoms with van der Waals surface area (Å²) in [5.41, 5.74) is 12.7. The van der Waals surface area contributed by atoms with E-state index in [1.807, 2.05) is 44.2 Å². The number of rotatable bonds is 21. The minimum Gasteiger partial charge on any atom is -0.508 e. The highest BCUT2D eigenvalue weighted by Gasteiger charge is 2.39. The SMILES string of the molecule is CC(C)C[C@H](NC(=O)[C@@H]1CCCN1C(=O)[C@H](C)NC(=O)[C@@H](N)CCCNC(=N)N)C(=O)N[C@@H](Cc1ccc(O)cc1)C(=O)N[C@H](C(=O)OCc1ccccc1)C(C)C. The summed E-state index contributed by atoms with van der Waals surface area (Å²) in [5.74, 6) is -4.10. The standard InChI is InChI=1S/C41H61N9O8/c1-24(2)21-31(48-38(55)33-14-10-20-50(33)39(56)26(5)46-35(52)30(42)13-9-19-45-41(43)44)36(53)47-32(22-27-15-17-29(51)18-16-27)37(54)49-34(25(3)4)40(57)58-23-28-11-7-6-8-12-28/h6-8,11-12,15-18,24-26,30-34,51H,9-10,13-14,19-23,42H2,1-5H3,(H,46,52)(H,47,53)(H,48,55)(H,49,54)(H4,43,44,45)/t26-,30-,31-,32-,33-,34-/m0/s1. The Labute approximate surface area is 340 Å². The number of nitrogens with one attached hydrogen (secondary N) is 6. The fraction of sp³-hybridized carbons (Fsp3) is 0.537. The van der Waals surface area contributed by atoms with E-state index in [2.05, 4.69) is 26.6 Å². The van der Waals surface area contributed by atoms with E-state index in [0.29, 0.717) is 31.4 Å². The first-order valence-corrected chi connectivity index (χ1v) is 19.8. The number of guanidine groups is 1. The summed E-state index contributed by atoms with van der Waals surface area (Å²) in [6.45, 7) is 9.42. The van der Waals surface area contributed by atoms with E-state index in [1.165, 1.54) is 24.0 Å². The minimum atomic E-state index is -1.20. The first kappa shape index (κ1) is 46.7. The smallest absolute Gasteiger partial charge is 0.329 e. The molecular weight excluding hydrogens is 747 g/mol. The Kier molecular flexibility index (Phi) is 18.4. The van der Waals surface area contributed by atoms with Crippen LogP contribution in [0.2, 0.25) is 0 Å². The van der Waals surface area contributed by atoms with Gasteiger partial charge in [-0.1, -0.05) is 70.2 Å². The minimum absolute atomic E-state index is 0.00243. The van der Waals surface area contributed by atoms with Gasteiger partial charge in [-0.3, -0.25) is 29.4 Å². The second kappa shape index (κ2) is 22.9. The van der Waals surface area contributed by atoms with Crippen LogP contribution in [0.3, 0.4) is 0 Å². The van der Waals surface area contributed by atoms with Crippen molar-refractivity contribution in [3.8, 4) is 5.75 Å². The Bertz CT molecular complexity index is 1710. The molecule has 0 aliphatic carbocycles. The van der Waals surface area contributed by atoms with Crippen LogP contribution in [0.1, 0.15) is 77.8 Å². The highest BCUT2D eigenvalue weighted by molar-refractivity contribution is 5.96. The lowest BCUT2D eigenvalue weighted by molar-refractivity contribution is -0.150. The van der Waals surface area contributed by atoms with Gasteiger partial charge in [0.1, 0.15) is 42.6 Å². The summed E-state index contributed by atoms with van der Waals surface area (Å²) < 4.78 is 5.53. The van der Waals surface area contributed by atoms with Gasteiger partial charge in [-0.25, -0.2) is 4.79 Å². The second-order valence-electron chi connectivity index (χ2n) is 15.5. The van der Waals surface area contributed by atoms with Gasteiger partial charge in [0.15, 0.2) is 5.96 Å². The predicted molar refractivity (Wildman–Crippen MR) is 218 cm³/mol. The van der Waals surface area contributed by atoms with Crippen molar-refractivity contribution in [3.63, 3.8) is 0 Å². The van der Waals surface area contributed by atoms with E-state index >= 15 is 0 Å². The maximum atomic E-state index is 14.0. The van der Waals surface area contributed by atoms with Crippen molar-refractivity contribution in [1.82, 2.24) is 31.5 Å². The molecule has 0 bridgehead atoms. The number of phenols is 1. The number of amides is 5. The molecule has 1 aliphatic heterocycles. The molecular formula is C41H61N9O8. The van der Waals surface area contributed by atoms with Crippen LogP contribution in [0.5, 0.6) is 5.75 Å². The third-order valence-corrected chi connectivity index (χ3v) is 9.70. The van der Waals surface area contributed by atoms with Crippen molar-refractivity contribution >= 4 is 41.5 Å². The van der Waals surface area contributed by atoms with Crippen LogP contribution >= 0.6 is 0 Å². The zero-order valence-electron chi connectivity index (χ0n) is 34.1. The van der Waals surface area contributed by atoms with Gasteiger partial charge in [-0.15, -0.1) is 0 Å². The highest BCUT2D eigenvalue weighted by Crippen LogP contribution is 2.20.